The molecule has 1 N–H and O–H groups in total. The Bertz CT molecular complexity index is 1240. The highest BCUT2D eigenvalue weighted by Crippen LogP contribution is 2.32. The van der Waals surface area contributed by atoms with Crippen LogP contribution in [0.5, 0.6) is 0 Å². The van der Waals surface area contributed by atoms with Crippen LogP contribution >= 0.6 is 0 Å². The van der Waals surface area contributed by atoms with Gasteiger partial charge in [0.1, 0.15) is 5.52 Å². The van der Waals surface area contributed by atoms with Crippen LogP contribution < -0.4 is 5.32 Å². The first-order valence-electron chi connectivity index (χ1n) is 10.2. The fourth-order valence-corrected chi connectivity index (χ4v) is 4.04. The monoisotopic (exact) mass is 402 g/mol. The molecular weight excluding hydrogens is 380 g/mol. The van der Waals surface area contributed by atoms with E-state index in [2.05, 4.69) is 25.8 Å². The highest BCUT2D eigenvalue weighted by Gasteiger charge is 2.21. The Morgan fingerprint density at radius 2 is 1.93 bits per heavy atom. The summed E-state index contributed by atoms with van der Waals surface area (Å²) in [5.41, 5.74) is 5.12. The van der Waals surface area contributed by atoms with E-state index < -0.39 is 0 Å². The van der Waals surface area contributed by atoms with E-state index in [0.717, 1.165) is 46.3 Å². The summed E-state index contributed by atoms with van der Waals surface area (Å²) >= 11 is 0. The molecule has 0 atom stereocenters. The van der Waals surface area contributed by atoms with Crippen molar-refractivity contribution in [2.45, 2.75) is 45.6 Å². The zero-order valence-electron chi connectivity index (χ0n) is 16.9. The fourth-order valence-electron chi connectivity index (χ4n) is 4.04. The van der Waals surface area contributed by atoms with Crippen LogP contribution in [0, 0.1) is 6.92 Å². The minimum Gasteiger partial charge on any atom is -0.334 e. The topological polar surface area (TPSA) is 98.7 Å². The first kappa shape index (κ1) is 18.5. The summed E-state index contributed by atoms with van der Waals surface area (Å²) in [5.74, 6) is 0.760. The molecule has 0 bridgehead atoms. The molecule has 1 amide bonds. The summed E-state index contributed by atoms with van der Waals surface area (Å²) in [5, 5.41) is 15.7. The second-order valence-electron chi connectivity index (χ2n) is 7.81. The molecule has 0 aliphatic heterocycles. The number of aryl methyl sites for hydroxylation is 1. The molecule has 2 aromatic carbocycles. The Balaban J connectivity index is 1.45. The van der Waals surface area contributed by atoms with Crippen LogP contribution in [0.3, 0.4) is 0 Å². The predicted molar refractivity (Wildman–Crippen MR) is 113 cm³/mol. The number of rotatable bonds is 4. The van der Waals surface area contributed by atoms with Crippen molar-refractivity contribution in [1.82, 2.24) is 25.1 Å². The number of nitrogens with one attached hydrogen (secondary N) is 1. The Kier molecular flexibility index (Phi) is 4.54. The minimum absolute atomic E-state index is 0.125. The second kappa shape index (κ2) is 7.37. The molecule has 0 spiro atoms. The minimum atomic E-state index is -0.125. The van der Waals surface area contributed by atoms with Crippen LogP contribution in [0.2, 0.25) is 0 Å². The third kappa shape index (κ3) is 3.34. The lowest BCUT2D eigenvalue weighted by molar-refractivity contribution is -0.114. The zero-order valence-corrected chi connectivity index (χ0v) is 16.9. The van der Waals surface area contributed by atoms with Gasteiger partial charge in [-0.3, -0.25) is 4.79 Å². The van der Waals surface area contributed by atoms with Gasteiger partial charge >= 0.3 is 0 Å². The number of nitrogens with zero attached hydrogens (tertiary/aromatic N) is 5. The molecule has 1 saturated carbocycles. The second-order valence-corrected chi connectivity index (χ2v) is 7.81. The average molecular weight is 402 g/mol. The van der Waals surface area contributed by atoms with Crippen molar-refractivity contribution >= 4 is 22.6 Å². The summed E-state index contributed by atoms with van der Waals surface area (Å²) < 4.78 is 7.53. The smallest absolute Gasteiger partial charge is 0.258 e. The number of hydrogen-bond donors (Lipinski definition) is 1. The molecule has 1 fully saturated rings. The number of fused-ring (bicyclic) bond motifs is 1. The molecule has 8 nitrogen and oxygen atoms in total. The highest BCUT2D eigenvalue weighted by molar-refractivity contribution is 5.90. The van der Waals surface area contributed by atoms with Crippen molar-refractivity contribution in [3.05, 3.63) is 42.0 Å². The van der Waals surface area contributed by atoms with Gasteiger partial charge in [-0.25, -0.2) is 4.68 Å². The number of aromatic nitrogens is 5. The van der Waals surface area contributed by atoms with E-state index >= 15 is 0 Å². The first-order valence-corrected chi connectivity index (χ1v) is 10.2. The van der Waals surface area contributed by atoms with Crippen molar-refractivity contribution < 1.29 is 9.32 Å². The Morgan fingerprint density at radius 1 is 1.13 bits per heavy atom. The molecule has 1 aliphatic rings. The quantitative estimate of drug-likeness (QED) is 0.538. The van der Waals surface area contributed by atoms with Crippen molar-refractivity contribution in [3.8, 4) is 22.8 Å². The standard InChI is InChI=1S/C22H22N6O2/c1-13-7-8-16(12-18(13)23-14(2)29)22-24-21(26-30-22)15-9-10-20-19(11-15)25-27-28(20)17-5-3-4-6-17/h7-12,17H,3-6H2,1-2H3,(H,23,29). The summed E-state index contributed by atoms with van der Waals surface area (Å²) in [6, 6.07) is 12.0. The molecule has 5 rings (SSSR count). The van der Waals surface area contributed by atoms with Crippen LogP contribution in [0.25, 0.3) is 33.9 Å². The Hall–Kier alpha value is -3.55. The fraction of sp³-hybridized carbons (Fsp3) is 0.318. The lowest BCUT2D eigenvalue weighted by atomic mass is 10.1. The molecule has 8 heteroatoms. The average Bonchev–Trinajstić information content (AvgIpc) is 3.48. The molecule has 1 aliphatic carbocycles. The molecule has 30 heavy (non-hydrogen) atoms. The van der Waals surface area contributed by atoms with Gasteiger partial charge in [-0.2, -0.15) is 4.98 Å². The number of hydrogen-bond acceptors (Lipinski definition) is 6. The van der Waals surface area contributed by atoms with Gasteiger partial charge in [-0.05, 0) is 55.7 Å². The molecule has 0 radical (unpaired) electrons. The first-order chi connectivity index (χ1) is 14.6. The normalized spacial score (nSPS) is 14.5. The number of anilines is 1. The Labute approximate surface area is 173 Å². The highest BCUT2D eigenvalue weighted by atomic mass is 16.5. The molecule has 2 aromatic heterocycles. The maximum absolute atomic E-state index is 11.4. The van der Waals surface area contributed by atoms with Crippen molar-refractivity contribution in [2.24, 2.45) is 0 Å². The summed E-state index contributed by atoms with van der Waals surface area (Å²) in [7, 11) is 0. The van der Waals surface area contributed by atoms with Crippen molar-refractivity contribution in [3.63, 3.8) is 0 Å². The molecule has 152 valence electrons. The van der Waals surface area contributed by atoms with E-state index in [4.69, 9.17) is 4.52 Å². The molecule has 0 unspecified atom stereocenters. The zero-order chi connectivity index (χ0) is 20.7. The predicted octanol–water partition coefficient (Wildman–Crippen LogP) is 4.53. The van der Waals surface area contributed by atoms with E-state index in [-0.39, 0.29) is 5.91 Å². The lowest BCUT2D eigenvalue weighted by Gasteiger charge is -2.09. The van der Waals surface area contributed by atoms with Gasteiger partial charge in [0.15, 0.2) is 0 Å². The third-order valence-electron chi connectivity index (χ3n) is 5.62. The summed E-state index contributed by atoms with van der Waals surface area (Å²) in [4.78, 5) is 16.0. The Morgan fingerprint density at radius 3 is 2.73 bits per heavy atom. The molecular formula is C22H22N6O2. The number of carbonyl (C=O) groups excluding carboxylic acids is 1. The number of amides is 1. The van der Waals surface area contributed by atoms with Gasteiger partial charge in [-0.1, -0.05) is 29.3 Å². The van der Waals surface area contributed by atoms with Gasteiger partial charge < -0.3 is 9.84 Å². The molecule has 4 aromatic rings. The van der Waals surface area contributed by atoms with Crippen LogP contribution in [-0.4, -0.2) is 31.0 Å². The van der Waals surface area contributed by atoms with Gasteiger partial charge in [-0.15, -0.1) is 5.10 Å². The largest absolute Gasteiger partial charge is 0.334 e. The van der Waals surface area contributed by atoms with Gasteiger partial charge in [0.05, 0.1) is 11.6 Å². The van der Waals surface area contributed by atoms with E-state index in [1.807, 2.05) is 48.0 Å². The van der Waals surface area contributed by atoms with E-state index in [9.17, 15) is 4.79 Å². The van der Waals surface area contributed by atoms with Crippen LogP contribution in [-0.2, 0) is 4.79 Å². The number of carbonyl (C=O) groups is 1. The van der Waals surface area contributed by atoms with Crippen LogP contribution in [0.4, 0.5) is 5.69 Å². The summed E-state index contributed by atoms with van der Waals surface area (Å²) in [6.45, 7) is 3.41. The lowest BCUT2D eigenvalue weighted by Crippen LogP contribution is -2.07. The maximum atomic E-state index is 11.4. The van der Waals surface area contributed by atoms with Crippen LogP contribution in [0.1, 0.15) is 44.2 Å². The van der Waals surface area contributed by atoms with E-state index in [1.54, 1.807) is 0 Å². The third-order valence-corrected chi connectivity index (χ3v) is 5.62. The van der Waals surface area contributed by atoms with Crippen molar-refractivity contribution in [2.75, 3.05) is 5.32 Å². The molecule has 0 saturated heterocycles. The number of benzene rings is 2. The van der Waals surface area contributed by atoms with Gasteiger partial charge in [0.25, 0.3) is 5.89 Å². The van der Waals surface area contributed by atoms with Gasteiger partial charge in [0.2, 0.25) is 11.7 Å². The van der Waals surface area contributed by atoms with E-state index in [1.165, 1.54) is 19.8 Å². The SMILES string of the molecule is CC(=O)Nc1cc(-c2nc(-c3ccc4c(c3)nnn4C3CCCC3)no2)ccc1C. The molecule has 2 heterocycles. The van der Waals surface area contributed by atoms with Crippen molar-refractivity contribution in [1.29, 1.82) is 0 Å². The van der Waals surface area contributed by atoms with E-state index in [0.29, 0.717) is 17.8 Å². The maximum Gasteiger partial charge on any atom is 0.258 e. The van der Waals surface area contributed by atoms with Gasteiger partial charge in [0, 0.05) is 23.7 Å². The summed E-state index contributed by atoms with van der Waals surface area (Å²) in [6.07, 6.45) is 4.81. The van der Waals surface area contributed by atoms with Crippen LogP contribution in [0.15, 0.2) is 40.9 Å².